The standard InChI is InChI=1S/Br2O3.Re/c1-3-5-4-2;. The van der Waals surface area contributed by atoms with Crippen molar-refractivity contribution in [1.82, 2.24) is 0 Å². The zero-order valence-electron chi connectivity index (χ0n) is 2.36. The maximum atomic E-state index is 3.73. The molecule has 0 aliphatic rings. The maximum Gasteiger partial charge on any atom is 0.146 e. The molecule has 0 heterocycles. The van der Waals surface area contributed by atoms with Crippen molar-refractivity contribution in [3.63, 3.8) is 0 Å². The van der Waals surface area contributed by atoms with Crippen molar-refractivity contribution in [2.75, 3.05) is 0 Å². The monoisotopic (exact) mass is 393 g/mol. The minimum absolute atomic E-state index is 0. The average Bonchev–Trinajstić information content (AvgIpc) is 1.41. The Kier molecular flexibility index (Phi) is 17.0. The molecule has 1 radical (unpaired) electrons. The molecule has 0 aromatic rings. The molecule has 0 amide bonds. The predicted octanol–water partition coefficient (Wildman–Crippen LogP) is 1.48. The van der Waals surface area contributed by atoms with E-state index >= 15 is 0 Å². The Morgan fingerprint density at radius 2 is 1.33 bits per heavy atom. The fourth-order valence-corrected chi connectivity index (χ4v) is 0.262. The van der Waals surface area contributed by atoms with Crippen molar-refractivity contribution in [1.29, 1.82) is 0 Å². The molecular formula is Br2O3Re. The van der Waals surface area contributed by atoms with E-state index in [9.17, 15) is 0 Å². The molecule has 3 nitrogen and oxygen atoms in total. The van der Waals surface area contributed by atoms with E-state index in [0.29, 0.717) is 0 Å². The fraction of sp³-hybridized carbons (Fsp3) is 0. The summed E-state index contributed by atoms with van der Waals surface area (Å²) in [5.74, 6) is 0. The van der Waals surface area contributed by atoms with Crippen LogP contribution in [-0.2, 0) is 33.4 Å². The van der Waals surface area contributed by atoms with Crippen LogP contribution in [0.3, 0.4) is 0 Å². The second kappa shape index (κ2) is 9.71. The molecule has 0 N–H and O–H groups in total. The summed E-state index contributed by atoms with van der Waals surface area (Å²) >= 11 is 4.86. The Labute approximate surface area is 65.7 Å². The van der Waals surface area contributed by atoms with Crippen LogP contribution in [0.25, 0.3) is 0 Å². The first-order chi connectivity index (χ1) is 2.41. The summed E-state index contributed by atoms with van der Waals surface area (Å²) < 4.78 is 7.47. The van der Waals surface area contributed by atoms with E-state index in [0.717, 1.165) is 0 Å². The first-order valence-electron chi connectivity index (χ1n) is 0.642. The van der Waals surface area contributed by atoms with E-state index in [1.165, 1.54) is 0 Å². The molecule has 0 atom stereocenters. The van der Waals surface area contributed by atoms with Gasteiger partial charge in [-0.3, -0.25) is 0 Å². The summed E-state index contributed by atoms with van der Waals surface area (Å²) in [6, 6.07) is 0. The van der Waals surface area contributed by atoms with Gasteiger partial charge in [-0.05, 0) is 5.04 Å². The fourth-order valence-electron chi connectivity index (χ4n) is 0.00972. The molecule has 0 aromatic heterocycles. The van der Waals surface area contributed by atoms with Gasteiger partial charge in [0.05, 0.1) is 0 Å². The van der Waals surface area contributed by atoms with E-state index < -0.39 is 0 Å². The van der Waals surface area contributed by atoms with Gasteiger partial charge in [0.2, 0.25) is 0 Å². The first kappa shape index (κ1) is 10.5. The van der Waals surface area contributed by atoms with Gasteiger partial charge in [0, 0.05) is 20.4 Å². The predicted molar refractivity (Wildman–Crippen MR) is 21.1 cm³/mol. The van der Waals surface area contributed by atoms with Crippen LogP contribution in [0.4, 0.5) is 0 Å². The molecule has 0 saturated carbocycles. The van der Waals surface area contributed by atoms with E-state index in [2.05, 4.69) is 45.5 Å². The van der Waals surface area contributed by atoms with Crippen LogP contribution in [0.5, 0.6) is 0 Å². The van der Waals surface area contributed by atoms with Gasteiger partial charge in [-0.1, -0.05) is 0 Å². The molecule has 0 aliphatic carbocycles. The van der Waals surface area contributed by atoms with Gasteiger partial charge in [-0.25, -0.2) is 0 Å². The number of hydrogen-bond donors (Lipinski definition) is 0. The molecule has 0 fully saturated rings. The molecule has 0 aliphatic heterocycles. The van der Waals surface area contributed by atoms with Gasteiger partial charge in [0.1, 0.15) is 32.5 Å². The van der Waals surface area contributed by atoms with Crippen molar-refractivity contribution < 1.29 is 33.4 Å². The molecule has 39 valence electrons. The molecule has 6 heavy (non-hydrogen) atoms. The number of hydrogen-bond acceptors (Lipinski definition) is 3. The third-order valence-corrected chi connectivity index (χ3v) is 0.267. The van der Waals surface area contributed by atoms with E-state index in [1.807, 2.05) is 0 Å². The zero-order valence-corrected chi connectivity index (χ0v) is 8.25. The van der Waals surface area contributed by atoms with Crippen LogP contribution >= 0.6 is 32.5 Å². The molecule has 0 unspecified atom stereocenters. The summed E-state index contributed by atoms with van der Waals surface area (Å²) in [5, 5.41) is 3.67. The van der Waals surface area contributed by atoms with Crippen molar-refractivity contribution in [2.24, 2.45) is 0 Å². The summed E-state index contributed by atoms with van der Waals surface area (Å²) in [6.07, 6.45) is 0. The van der Waals surface area contributed by atoms with Gasteiger partial charge < -0.3 is 0 Å². The molecule has 0 aromatic carbocycles. The topological polar surface area (TPSA) is 27.7 Å². The first-order valence-corrected chi connectivity index (χ1v) is 1.94. The molecule has 6 heteroatoms. The second-order valence-electron chi connectivity index (χ2n) is 0.194. The van der Waals surface area contributed by atoms with Crippen LogP contribution in [0.15, 0.2) is 0 Å². The van der Waals surface area contributed by atoms with Gasteiger partial charge in [0.15, 0.2) is 0 Å². The Bertz CT molecular complexity index is 16.3. The van der Waals surface area contributed by atoms with Crippen LogP contribution in [-0.4, -0.2) is 0 Å². The summed E-state index contributed by atoms with van der Waals surface area (Å²) in [7, 11) is 0. The van der Waals surface area contributed by atoms with Crippen molar-refractivity contribution >= 4 is 32.5 Å². The van der Waals surface area contributed by atoms with Crippen LogP contribution < -0.4 is 0 Å². The van der Waals surface area contributed by atoms with E-state index in [-0.39, 0.29) is 20.4 Å². The van der Waals surface area contributed by atoms with Gasteiger partial charge >= 0.3 is 0 Å². The van der Waals surface area contributed by atoms with Crippen LogP contribution in [0.2, 0.25) is 0 Å². The average molecular weight is 394 g/mol. The van der Waals surface area contributed by atoms with Crippen LogP contribution in [0, 0.1) is 0 Å². The third-order valence-electron chi connectivity index (χ3n) is 0.0514. The van der Waals surface area contributed by atoms with Crippen molar-refractivity contribution in [2.45, 2.75) is 0 Å². The smallest absolute Gasteiger partial charge is 0.124 e. The van der Waals surface area contributed by atoms with Crippen LogP contribution in [0.1, 0.15) is 0 Å². The minimum Gasteiger partial charge on any atom is -0.124 e. The third kappa shape index (κ3) is 9.09. The summed E-state index contributed by atoms with van der Waals surface area (Å²) in [6.45, 7) is 0. The SMILES string of the molecule is BrOOOBr.[Re]. The number of halogens is 2. The Balaban J connectivity index is 0. The Hall–Kier alpha value is 1.50. The molecular weight excluding hydrogens is 394 g/mol. The van der Waals surface area contributed by atoms with E-state index in [4.69, 9.17) is 0 Å². The normalized spacial score (nSPS) is 7.00. The van der Waals surface area contributed by atoms with Gasteiger partial charge in [-0.2, -0.15) is 0 Å². The largest absolute Gasteiger partial charge is 0.146 e. The molecule has 0 bridgehead atoms. The maximum absolute atomic E-state index is 3.73. The van der Waals surface area contributed by atoms with Crippen molar-refractivity contribution in [3.8, 4) is 0 Å². The van der Waals surface area contributed by atoms with Gasteiger partial charge in [0.25, 0.3) is 0 Å². The Morgan fingerprint density at radius 1 is 1.00 bits per heavy atom. The van der Waals surface area contributed by atoms with Crippen molar-refractivity contribution in [3.05, 3.63) is 0 Å². The molecule has 0 spiro atoms. The molecule has 0 rings (SSSR count). The Morgan fingerprint density at radius 3 is 1.33 bits per heavy atom. The van der Waals surface area contributed by atoms with Gasteiger partial charge in [-0.15, -0.1) is 7.96 Å². The summed E-state index contributed by atoms with van der Waals surface area (Å²) in [5.41, 5.74) is 0. The number of rotatable bonds is 2. The second-order valence-corrected chi connectivity index (χ2v) is 0.723. The zero-order chi connectivity index (χ0) is 4.12. The minimum atomic E-state index is 0. The van der Waals surface area contributed by atoms with E-state index in [1.54, 1.807) is 0 Å². The summed E-state index contributed by atoms with van der Waals surface area (Å²) in [4.78, 5) is 0. The quantitative estimate of drug-likeness (QED) is 0.525. The molecule has 0 saturated heterocycles.